The molecule has 0 amide bonds. The summed E-state index contributed by atoms with van der Waals surface area (Å²) >= 11 is 5.77. The first-order valence-corrected chi connectivity index (χ1v) is 5.85. The molecule has 0 radical (unpaired) electrons. The summed E-state index contributed by atoms with van der Waals surface area (Å²) in [5.74, 6) is -0.411. The maximum absolute atomic E-state index is 10.9. The highest BCUT2D eigenvalue weighted by Crippen LogP contribution is 2.28. The van der Waals surface area contributed by atoms with Crippen LogP contribution in [0.25, 0.3) is 0 Å². The van der Waals surface area contributed by atoms with E-state index in [4.69, 9.17) is 21.4 Å². The number of aromatic carboxylic acids is 1. The summed E-state index contributed by atoms with van der Waals surface area (Å²) < 4.78 is 7.26. The number of halogens is 1. The zero-order valence-electron chi connectivity index (χ0n) is 10.6. The van der Waals surface area contributed by atoms with Crippen molar-refractivity contribution in [2.75, 3.05) is 0 Å². The standard InChI is InChI=1S/C12H12ClN3O3/c1-6-11(7(2)16(3)15-6)19-10-5-8(12(17)18)4-9(13)14-10/h4-5H,1-3H3,(H,17,18). The first-order chi connectivity index (χ1) is 8.88. The van der Waals surface area contributed by atoms with E-state index in [-0.39, 0.29) is 16.6 Å². The highest BCUT2D eigenvalue weighted by atomic mass is 35.5. The van der Waals surface area contributed by atoms with Crippen LogP contribution in [0.5, 0.6) is 11.6 Å². The van der Waals surface area contributed by atoms with Gasteiger partial charge in [0.15, 0.2) is 5.75 Å². The Balaban J connectivity index is 2.41. The van der Waals surface area contributed by atoms with E-state index in [9.17, 15) is 4.79 Å². The van der Waals surface area contributed by atoms with Gasteiger partial charge in [-0.15, -0.1) is 0 Å². The van der Waals surface area contributed by atoms with E-state index in [1.807, 2.05) is 6.92 Å². The van der Waals surface area contributed by atoms with E-state index in [1.165, 1.54) is 12.1 Å². The highest BCUT2D eigenvalue weighted by molar-refractivity contribution is 6.29. The third kappa shape index (κ3) is 2.68. The summed E-state index contributed by atoms with van der Waals surface area (Å²) in [6.07, 6.45) is 0. The average molecular weight is 282 g/mol. The van der Waals surface area contributed by atoms with Crippen LogP contribution in [0.2, 0.25) is 5.15 Å². The second kappa shape index (κ2) is 4.89. The molecule has 0 aromatic carbocycles. The Morgan fingerprint density at radius 3 is 2.63 bits per heavy atom. The minimum atomic E-state index is -1.09. The molecule has 0 aliphatic rings. The van der Waals surface area contributed by atoms with E-state index in [0.717, 1.165) is 5.69 Å². The molecule has 0 saturated carbocycles. The molecule has 0 spiro atoms. The lowest BCUT2D eigenvalue weighted by molar-refractivity contribution is 0.0696. The largest absolute Gasteiger partial charge is 0.478 e. The number of aryl methyl sites for hydroxylation is 2. The van der Waals surface area contributed by atoms with E-state index in [0.29, 0.717) is 11.4 Å². The lowest BCUT2D eigenvalue weighted by atomic mass is 10.3. The SMILES string of the molecule is Cc1nn(C)c(C)c1Oc1cc(C(=O)O)cc(Cl)n1. The van der Waals surface area contributed by atoms with E-state index >= 15 is 0 Å². The smallest absolute Gasteiger partial charge is 0.335 e. The normalized spacial score (nSPS) is 10.5. The van der Waals surface area contributed by atoms with Crippen LogP contribution in [0.15, 0.2) is 12.1 Å². The Bertz CT molecular complexity index is 652. The minimum Gasteiger partial charge on any atom is -0.478 e. The quantitative estimate of drug-likeness (QED) is 0.875. The summed E-state index contributed by atoms with van der Waals surface area (Å²) in [5.41, 5.74) is 1.53. The Hall–Kier alpha value is -2.08. The molecule has 2 heterocycles. The fourth-order valence-electron chi connectivity index (χ4n) is 1.66. The predicted octanol–water partition coefficient (Wildman–Crippen LogP) is 2.58. The number of aromatic nitrogens is 3. The maximum atomic E-state index is 10.9. The summed E-state index contributed by atoms with van der Waals surface area (Å²) in [6, 6.07) is 2.58. The van der Waals surface area contributed by atoms with Crippen LogP contribution < -0.4 is 4.74 Å². The molecule has 0 aliphatic heterocycles. The van der Waals surface area contributed by atoms with Crippen molar-refractivity contribution in [2.45, 2.75) is 13.8 Å². The van der Waals surface area contributed by atoms with Gasteiger partial charge in [0.05, 0.1) is 11.3 Å². The molecule has 0 fully saturated rings. The molecule has 2 rings (SSSR count). The molecular weight excluding hydrogens is 270 g/mol. The summed E-state index contributed by atoms with van der Waals surface area (Å²) in [7, 11) is 1.79. The zero-order chi connectivity index (χ0) is 14.2. The molecule has 0 saturated heterocycles. The van der Waals surface area contributed by atoms with Gasteiger partial charge >= 0.3 is 5.97 Å². The van der Waals surface area contributed by atoms with Gasteiger partial charge in [0.1, 0.15) is 10.8 Å². The first-order valence-electron chi connectivity index (χ1n) is 5.47. The lowest BCUT2D eigenvalue weighted by Gasteiger charge is -2.06. The topological polar surface area (TPSA) is 77.2 Å². The number of carboxylic acids is 1. The Labute approximate surface area is 114 Å². The third-order valence-electron chi connectivity index (χ3n) is 2.67. The number of hydrogen-bond donors (Lipinski definition) is 1. The fraction of sp³-hybridized carbons (Fsp3) is 0.250. The van der Waals surface area contributed by atoms with Crippen LogP contribution in [0.3, 0.4) is 0 Å². The van der Waals surface area contributed by atoms with Crippen molar-refractivity contribution in [2.24, 2.45) is 7.05 Å². The van der Waals surface area contributed by atoms with Gasteiger partial charge in [0, 0.05) is 13.1 Å². The molecule has 2 aromatic rings. The monoisotopic (exact) mass is 281 g/mol. The van der Waals surface area contributed by atoms with Crippen molar-refractivity contribution in [1.82, 2.24) is 14.8 Å². The van der Waals surface area contributed by atoms with Gasteiger partial charge in [-0.2, -0.15) is 5.10 Å². The van der Waals surface area contributed by atoms with Crippen molar-refractivity contribution in [3.05, 3.63) is 34.2 Å². The van der Waals surface area contributed by atoms with Gasteiger partial charge in [0.25, 0.3) is 0 Å². The predicted molar refractivity (Wildman–Crippen MR) is 69.0 cm³/mol. The average Bonchev–Trinajstić information content (AvgIpc) is 2.55. The number of ether oxygens (including phenoxy) is 1. The van der Waals surface area contributed by atoms with Gasteiger partial charge < -0.3 is 9.84 Å². The van der Waals surface area contributed by atoms with Crippen LogP contribution in [0, 0.1) is 13.8 Å². The first kappa shape index (κ1) is 13.4. The molecule has 6 nitrogen and oxygen atoms in total. The summed E-state index contributed by atoms with van der Waals surface area (Å²) in [6.45, 7) is 3.64. The fourth-order valence-corrected chi connectivity index (χ4v) is 1.86. The minimum absolute atomic E-state index is 0.0224. The van der Waals surface area contributed by atoms with Crippen LogP contribution in [-0.2, 0) is 7.05 Å². The Kier molecular flexibility index (Phi) is 3.44. The van der Waals surface area contributed by atoms with Crippen LogP contribution >= 0.6 is 11.6 Å². The number of hydrogen-bond acceptors (Lipinski definition) is 4. The van der Waals surface area contributed by atoms with Gasteiger partial charge in [0.2, 0.25) is 5.88 Å². The molecule has 100 valence electrons. The summed E-state index contributed by atoms with van der Waals surface area (Å²) in [5, 5.41) is 13.2. The number of carboxylic acid groups (broad SMARTS) is 1. The Morgan fingerprint density at radius 2 is 2.11 bits per heavy atom. The molecule has 0 bridgehead atoms. The van der Waals surface area contributed by atoms with Gasteiger partial charge in [-0.1, -0.05) is 11.6 Å². The van der Waals surface area contributed by atoms with Crippen molar-refractivity contribution in [3.63, 3.8) is 0 Å². The van der Waals surface area contributed by atoms with Crippen molar-refractivity contribution in [1.29, 1.82) is 0 Å². The second-order valence-corrected chi connectivity index (χ2v) is 4.43. The van der Waals surface area contributed by atoms with Crippen molar-refractivity contribution >= 4 is 17.6 Å². The molecule has 1 N–H and O–H groups in total. The number of rotatable bonds is 3. The molecule has 2 aromatic heterocycles. The number of pyridine rings is 1. The van der Waals surface area contributed by atoms with Gasteiger partial charge in [-0.05, 0) is 19.9 Å². The highest BCUT2D eigenvalue weighted by Gasteiger charge is 2.14. The number of carbonyl (C=O) groups is 1. The van der Waals surface area contributed by atoms with Crippen LogP contribution in [0.4, 0.5) is 0 Å². The van der Waals surface area contributed by atoms with Gasteiger partial charge in [-0.25, -0.2) is 9.78 Å². The third-order valence-corrected chi connectivity index (χ3v) is 2.86. The molecule has 19 heavy (non-hydrogen) atoms. The molecule has 7 heteroatoms. The molecule has 0 unspecified atom stereocenters. The molecular formula is C12H12ClN3O3. The zero-order valence-corrected chi connectivity index (χ0v) is 11.4. The maximum Gasteiger partial charge on any atom is 0.335 e. The summed E-state index contributed by atoms with van der Waals surface area (Å²) in [4.78, 5) is 14.9. The van der Waals surface area contributed by atoms with Crippen LogP contribution in [-0.4, -0.2) is 25.8 Å². The van der Waals surface area contributed by atoms with E-state index in [2.05, 4.69) is 10.1 Å². The second-order valence-electron chi connectivity index (χ2n) is 4.05. The van der Waals surface area contributed by atoms with E-state index < -0.39 is 5.97 Å². The number of nitrogens with zero attached hydrogens (tertiary/aromatic N) is 3. The Morgan fingerprint density at radius 1 is 1.42 bits per heavy atom. The molecule has 0 aliphatic carbocycles. The van der Waals surface area contributed by atoms with Crippen molar-refractivity contribution in [3.8, 4) is 11.6 Å². The molecule has 0 atom stereocenters. The lowest BCUT2D eigenvalue weighted by Crippen LogP contribution is -1.99. The van der Waals surface area contributed by atoms with Crippen LogP contribution in [0.1, 0.15) is 21.7 Å². The van der Waals surface area contributed by atoms with Crippen molar-refractivity contribution < 1.29 is 14.6 Å². The van der Waals surface area contributed by atoms with E-state index in [1.54, 1.807) is 18.7 Å². The van der Waals surface area contributed by atoms with Gasteiger partial charge in [-0.3, -0.25) is 4.68 Å².